The van der Waals surface area contributed by atoms with Crippen LogP contribution in [0.2, 0.25) is 0 Å². The Morgan fingerprint density at radius 3 is 2.78 bits per heavy atom. The zero-order valence-corrected chi connectivity index (χ0v) is 10.8. The molecule has 0 spiro atoms. The molecule has 2 aliphatic rings. The Hall–Kier alpha value is -1.16. The van der Waals surface area contributed by atoms with Gasteiger partial charge in [0.15, 0.2) is 0 Å². The fraction of sp³-hybridized carbons (Fsp3) is 0.643. The lowest BCUT2D eigenvalue weighted by Gasteiger charge is -2.49. The molecule has 1 aromatic heterocycles. The summed E-state index contributed by atoms with van der Waals surface area (Å²) < 4.78 is 12.8. The standard InChI is InChI=1S/C14H20FN3/c1-11-4-2-3-7-18(11)13-9-17(10-13)14-6-5-12(15)8-16-14/h5-6,8,11,13H,2-4,7,9-10H2,1H3. The lowest BCUT2D eigenvalue weighted by Crippen LogP contribution is -2.62. The van der Waals surface area contributed by atoms with E-state index in [1.807, 2.05) is 0 Å². The number of hydrogen-bond donors (Lipinski definition) is 0. The zero-order valence-electron chi connectivity index (χ0n) is 10.8. The minimum Gasteiger partial charge on any atom is -0.353 e. The summed E-state index contributed by atoms with van der Waals surface area (Å²) in [6.07, 6.45) is 5.32. The van der Waals surface area contributed by atoms with E-state index in [1.165, 1.54) is 38.1 Å². The van der Waals surface area contributed by atoms with Crippen LogP contribution in [0.5, 0.6) is 0 Å². The molecule has 0 aromatic carbocycles. The maximum Gasteiger partial charge on any atom is 0.141 e. The number of piperidine rings is 1. The zero-order chi connectivity index (χ0) is 12.5. The van der Waals surface area contributed by atoms with Crippen LogP contribution in [-0.2, 0) is 0 Å². The highest BCUT2D eigenvalue weighted by atomic mass is 19.1. The smallest absolute Gasteiger partial charge is 0.141 e. The third kappa shape index (κ3) is 2.21. The monoisotopic (exact) mass is 249 g/mol. The minimum absolute atomic E-state index is 0.263. The van der Waals surface area contributed by atoms with Crippen LogP contribution in [0.15, 0.2) is 18.3 Å². The first-order valence-electron chi connectivity index (χ1n) is 6.86. The fourth-order valence-corrected chi connectivity index (χ4v) is 3.07. The second-order valence-electron chi connectivity index (χ2n) is 5.48. The van der Waals surface area contributed by atoms with Crippen molar-refractivity contribution in [1.29, 1.82) is 0 Å². The maximum absolute atomic E-state index is 12.8. The van der Waals surface area contributed by atoms with Crippen molar-refractivity contribution in [3.63, 3.8) is 0 Å². The Bertz CT molecular complexity index is 400. The predicted octanol–water partition coefficient (Wildman–Crippen LogP) is 2.28. The second kappa shape index (κ2) is 4.84. The van der Waals surface area contributed by atoms with E-state index >= 15 is 0 Å². The normalized spacial score (nSPS) is 26.1. The molecule has 3 rings (SSSR count). The molecule has 18 heavy (non-hydrogen) atoms. The van der Waals surface area contributed by atoms with Crippen molar-refractivity contribution >= 4 is 5.82 Å². The molecule has 2 saturated heterocycles. The van der Waals surface area contributed by atoms with Crippen molar-refractivity contribution in [2.24, 2.45) is 0 Å². The number of hydrogen-bond acceptors (Lipinski definition) is 3. The molecule has 0 aliphatic carbocycles. The van der Waals surface area contributed by atoms with Crippen LogP contribution in [0, 0.1) is 5.82 Å². The highest BCUT2D eigenvalue weighted by molar-refractivity contribution is 5.42. The first kappa shape index (κ1) is 11.9. The van der Waals surface area contributed by atoms with Crippen molar-refractivity contribution < 1.29 is 4.39 Å². The van der Waals surface area contributed by atoms with Gasteiger partial charge in [0, 0.05) is 25.2 Å². The summed E-state index contributed by atoms with van der Waals surface area (Å²) in [6.45, 7) is 5.63. The van der Waals surface area contributed by atoms with E-state index < -0.39 is 0 Å². The van der Waals surface area contributed by atoms with E-state index in [2.05, 4.69) is 21.7 Å². The van der Waals surface area contributed by atoms with E-state index in [0.717, 1.165) is 18.9 Å². The predicted molar refractivity (Wildman–Crippen MR) is 70.2 cm³/mol. The second-order valence-corrected chi connectivity index (χ2v) is 5.48. The lowest BCUT2D eigenvalue weighted by molar-refractivity contribution is 0.0872. The topological polar surface area (TPSA) is 19.4 Å². The highest BCUT2D eigenvalue weighted by Gasteiger charge is 2.35. The van der Waals surface area contributed by atoms with Crippen molar-refractivity contribution in [2.45, 2.75) is 38.3 Å². The van der Waals surface area contributed by atoms with Gasteiger partial charge in [-0.3, -0.25) is 4.90 Å². The molecule has 0 saturated carbocycles. The molecule has 2 aliphatic heterocycles. The number of halogens is 1. The Morgan fingerprint density at radius 1 is 1.28 bits per heavy atom. The largest absolute Gasteiger partial charge is 0.353 e. The Balaban J connectivity index is 1.58. The first-order valence-corrected chi connectivity index (χ1v) is 6.86. The molecular formula is C14H20FN3. The van der Waals surface area contributed by atoms with E-state index in [9.17, 15) is 4.39 Å². The maximum atomic E-state index is 12.8. The summed E-state index contributed by atoms with van der Waals surface area (Å²) in [7, 11) is 0. The molecule has 1 aromatic rings. The van der Waals surface area contributed by atoms with E-state index in [-0.39, 0.29) is 5.82 Å². The van der Waals surface area contributed by atoms with Gasteiger partial charge in [-0.1, -0.05) is 6.42 Å². The van der Waals surface area contributed by atoms with Crippen LogP contribution in [-0.4, -0.2) is 41.6 Å². The van der Waals surface area contributed by atoms with Gasteiger partial charge in [0.1, 0.15) is 11.6 Å². The summed E-state index contributed by atoms with van der Waals surface area (Å²) in [6, 6.07) is 4.63. The summed E-state index contributed by atoms with van der Waals surface area (Å²) in [5.41, 5.74) is 0. The highest BCUT2D eigenvalue weighted by Crippen LogP contribution is 2.27. The van der Waals surface area contributed by atoms with Crippen molar-refractivity contribution in [3.05, 3.63) is 24.1 Å². The van der Waals surface area contributed by atoms with Gasteiger partial charge in [-0.2, -0.15) is 0 Å². The molecule has 1 unspecified atom stereocenters. The van der Waals surface area contributed by atoms with Gasteiger partial charge in [0.05, 0.1) is 6.20 Å². The van der Waals surface area contributed by atoms with Crippen LogP contribution < -0.4 is 4.90 Å². The SMILES string of the molecule is CC1CCCCN1C1CN(c2ccc(F)cn2)C1. The summed E-state index contributed by atoms with van der Waals surface area (Å²) >= 11 is 0. The lowest BCUT2D eigenvalue weighted by atomic mass is 9.97. The molecule has 3 nitrogen and oxygen atoms in total. The third-order valence-corrected chi connectivity index (χ3v) is 4.22. The first-order chi connectivity index (χ1) is 8.74. The van der Waals surface area contributed by atoms with Gasteiger partial charge in [-0.05, 0) is 38.4 Å². The van der Waals surface area contributed by atoms with Gasteiger partial charge in [-0.15, -0.1) is 0 Å². The average molecular weight is 249 g/mol. The van der Waals surface area contributed by atoms with E-state index in [0.29, 0.717) is 12.1 Å². The molecular weight excluding hydrogens is 229 g/mol. The molecule has 2 fully saturated rings. The number of anilines is 1. The third-order valence-electron chi connectivity index (χ3n) is 4.22. The molecule has 0 N–H and O–H groups in total. The van der Waals surface area contributed by atoms with Crippen molar-refractivity contribution in [3.8, 4) is 0 Å². The Labute approximate surface area is 108 Å². The summed E-state index contributed by atoms with van der Waals surface area (Å²) in [4.78, 5) is 8.99. The Kier molecular flexibility index (Phi) is 3.20. The van der Waals surface area contributed by atoms with Crippen LogP contribution in [0.4, 0.5) is 10.2 Å². The molecule has 1 atom stereocenters. The molecule has 0 bridgehead atoms. The van der Waals surface area contributed by atoms with Crippen LogP contribution in [0.1, 0.15) is 26.2 Å². The van der Waals surface area contributed by atoms with Crippen LogP contribution in [0.3, 0.4) is 0 Å². The van der Waals surface area contributed by atoms with Gasteiger partial charge >= 0.3 is 0 Å². The van der Waals surface area contributed by atoms with E-state index in [4.69, 9.17) is 0 Å². The molecule has 4 heteroatoms. The molecule has 98 valence electrons. The van der Waals surface area contributed by atoms with Crippen molar-refractivity contribution in [1.82, 2.24) is 9.88 Å². The minimum atomic E-state index is -0.263. The van der Waals surface area contributed by atoms with Gasteiger partial charge < -0.3 is 4.90 Å². The average Bonchev–Trinajstić information content (AvgIpc) is 2.32. The van der Waals surface area contributed by atoms with Gasteiger partial charge in [-0.25, -0.2) is 9.37 Å². The van der Waals surface area contributed by atoms with Gasteiger partial charge in [0.2, 0.25) is 0 Å². The Morgan fingerprint density at radius 2 is 2.11 bits per heavy atom. The van der Waals surface area contributed by atoms with Crippen LogP contribution >= 0.6 is 0 Å². The van der Waals surface area contributed by atoms with E-state index in [1.54, 1.807) is 6.07 Å². The number of likely N-dealkylation sites (tertiary alicyclic amines) is 1. The number of aromatic nitrogens is 1. The fourth-order valence-electron chi connectivity index (χ4n) is 3.07. The number of nitrogens with zero attached hydrogens (tertiary/aromatic N) is 3. The van der Waals surface area contributed by atoms with Crippen LogP contribution in [0.25, 0.3) is 0 Å². The van der Waals surface area contributed by atoms with Crippen molar-refractivity contribution in [2.75, 3.05) is 24.5 Å². The molecule has 3 heterocycles. The quantitative estimate of drug-likeness (QED) is 0.801. The van der Waals surface area contributed by atoms with Gasteiger partial charge in [0.25, 0.3) is 0 Å². The molecule has 0 amide bonds. The summed E-state index contributed by atoms with van der Waals surface area (Å²) in [5.74, 6) is 0.637. The number of pyridine rings is 1. The summed E-state index contributed by atoms with van der Waals surface area (Å²) in [5, 5.41) is 0. The number of rotatable bonds is 2. The molecule has 0 radical (unpaired) electrons.